The van der Waals surface area contributed by atoms with Crippen molar-refractivity contribution >= 4 is 18.3 Å². The number of carbonyl (C=O) groups is 3. The predicted octanol–water partition coefficient (Wildman–Crippen LogP) is 1.42. The summed E-state index contributed by atoms with van der Waals surface area (Å²) >= 11 is 0. The Labute approximate surface area is 157 Å². The van der Waals surface area contributed by atoms with Crippen LogP contribution in [0, 0.1) is 10.1 Å². The number of ether oxygens (including phenoxy) is 2. The largest absolute Gasteiger partial charge is 0.462 e. The number of amides is 1. The summed E-state index contributed by atoms with van der Waals surface area (Å²) in [5.74, 6) is -1.44. The number of hydrogen-bond acceptors (Lipinski definition) is 9. The van der Waals surface area contributed by atoms with Crippen molar-refractivity contribution in [2.24, 2.45) is 0 Å². The van der Waals surface area contributed by atoms with Crippen LogP contribution in [0.25, 0.3) is 0 Å². The molecular formula is C16H28N2O9. The highest BCUT2D eigenvalue weighted by Gasteiger charge is 2.32. The maximum absolute atomic E-state index is 12.3. The van der Waals surface area contributed by atoms with E-state index in [2.05, 4.69) is 4.84 Å². The Balaban J connectivity index is 5.02. The molecule has 27 heavy (non-hydrogen) atoms. The monoisotopic (exact) mass is 392 g/mol. The van der Waals surface area contributed by atoms with Crippen LogP contribution in [-0.2, 0) is 33.5 Å². The van der Waals surface area contributed by atoms with Gasteiger partial charge in [-0.25, -0.2) is 9.86 Å². The SMILES string of the molecule is CC(C)(C)OC(=O)CC[C@@H](C(=O)OCCO[N+](=O)[O-])N(C=O)OC(C)(C)C. The van der Waals surface area contributed by atoms with Crippen molar-refractivity contribution < 1.29 is 38.6 Å². The average molecular weight is 392 g/mol. The molecule has 0 N–H and O–H groups in total. The molecule has 0 fully saturated rings. The molecule has 11 nitrogen and oxygen atoms in total. The summed E-state index contributed by atoms with van der Waals surface area (Å²) in [6, 6.07) is -1.23. The minimum absolute atomic E-state index is 0.112. The first-order valence-electron chi connectivity index (χ1n) is 8.33. The summed E-state index contributed by atoms with van der Waals surface area (Å²) in [6.07, 6.45) is 0.0265. The lowest BCUT2D eigenvalue weighted by Gasteiger charge is -2.31. The summed E-state index contributed by atoms with van der Waals surface area (Å²) in [5.41, 5.74) is -1.49. The standard InChI is InChI=1S/C16H28N2O9/c1-15(2,3)26-13(20)8-7-12(17(11-19)27-16(4,5)6)14(21)24-9-10-25-18(22)23/h11-12H,7-10H2,1-6H3/t12-/m0/s1. The van der Waals surface area contributed by atoms with Gasteiger partial charge in [0.15, 0.2) is 6.04 Å². The first kappa shape index (κ1) is 24.6. The van der Waals surface area contributed by atoms with Crippen LogP contribution in [-0.4, -0.2) is 59.0 Å². The number of esters is 2. The molecular weight excluding hydrogens is 364 g/mol. The zero-order valence-corrected chi connectivity index (χ0v) is 16.6. The number of rotatable bonds is 11. The van der Waals surface area contributed by atoms with Crippen LogP contribution in [0.15, 0.2) is 0 Å². The molecule has 11 heteroatoms. The lowest BCUT2D eigenvalue weighted by Crippen LogP contribution is -2.46. The molecule has 0 unspecified atom stereocenters. The zero-order chi connectivity index (χ0) is 21.3. The Kier molecular flexibility index (Phi) is 9.70. The molecule has 0 saturated heterocycles. The van der Waals surface area contributed by atoms with Crippen LogP contribution in [0.2, 0.25) is 0 Å². The van der Waals surface area contributed by atoms with Gasteiger partial charge in [0.05, 0.1) is 5.60 Å². The van der Waals surface area contributed by atoms with Crippen LogP contribution in [0.4, 0.5) is 0 Å². The van der Waals surface area contributed by atoms with Gasteiger partial charge >= 0.3 is 11.9 Å². The number of carbonyl (C=O) groups excluding carboxylic acids is 3. The second-order valence-electron chi connectivity index (χ2n) is 7.53. The van der Waals surface area contributed by atoms with Crippen molar-refractivity contribution in [3.8, 4) is 0 Å². The molecule has 1 amide bonds. The zero-order valence-electron chi connectivity index (χ0n) is 16.6. The molecule has 0 rings (SSSR count). The Morgan fingerprint density at radius 2 is 1.70 bits per heavy atom. The normalized spacial score (nSPS) is 12.7. The molecule has 0 aliphatic heterocycles. The van der Waals surface area contributed by atoms with E-state index in [1.807, 2.05) is 0 Å². The van der Waals surface area contributed by atoms with E-state index in [9.17, 15) is 24.5 Å². The van der Waals surface area contributed by atoms with Crippen LogP contribution < -0.4 is 0 Å². The van der Waals surface area contributed by atoms with E-state index in [1.165, 1.54) is 0 Å². The van der Waals surface area contributed by atoms with Gasteiger partial charge < -0.3 is 14.3 Å². The highest BCUT2D eigenvalue weighted by atomic mass is 17.0. The van der Waals surface area contributed by atoms with Gasteiger partial charge in [0, 0.05) is 6.42 Å². The Morgan fingerprint density at radius 3 is 2.15 bits per heavy atom. The minimum atomic E-state index is -1.23. The van der Waals surface area contributed by atoms with E-state index < -0.39 is 47.5 Å². The highest BCUT2D eigenvalue weighted by Crippen LogP contribution is 2.17. The first-order valence-corrected chi connectivity index (χ1v) is 8.33. The lowest BCUT2D eigenvalue weighted by atomic mass is 10.1. The molecule has 0 spiro atoms. The van der Waals surface area contributed by atoms with Crippen LogP contribution in [0.1, 0.15) is 54.4 Å². The van der Waals surface area contributed by atoms with Crippen LogP contribution >= 0.6 is 0 Å². The van der Waals surface area contributed by atoms with E-state index in [1.54, 1.807) is 41.5 Å². The number of hydroxylamine groups is 2. The number of nitrogens with zero attached hydrogens (tertiary/aromatic N) is 2. The van der Waals surface area contributed by atoms with E-state index in [0.29, 0.717) is 6.41 Å². The minimum Gasteiger partial charge on any atom is -0.462 e. The second kappa shape index (κ2) is 10.7. The van der Waals surface area contributed by atoms with E-state index in [0.717, 1.165) is 5.06 Å². The molecule has 0 aromatic heterocycles. The van der Waals surface area contributed by atoms with Gasteiger partial charge in [-0.15, -0.1) is 10.1 Å². The van der Waals surface area contributed by atoms with Crippen molar-refractivity contribution in [3.63, 3.8) is 0 Å². The van der Waals surface area contributed by atoms with Crippen molar-refractivity contribution in [3.05, 3.63) is 10.1 Å². The molecule has 0 bridgehead atoms. The van der Waals surface area contributed by atoms with Gasteiger partial charge in [0.25, 0.3) is 5.09 Å². The Bertz CT molecular complexity index is 523. The quantitative estimate of drug-likeness (QED) is 0.168. The molecule has 0 aromatic rings. The van der Waals surface area contributed by atoms with E-state index in [-0.39, 0.29) is 12.8 Å². The van der Waals surface area contributed by atoms with Crippen molar-refractivity contribution in [1.82, 2.24) is 5.06 Å². The van der Waals surface area contributed by atoms with E-state index in [4.69, 9.17) is 14.3 Å². The lowest BCUT2D eigenvalue weighted by molar-refractivity contribution is -0.757. The molecule has 1 atom stereocenters. The fourth-order valence-electron chi connectivity index (χ4n) is 1.82. The topological polar surface area (TPSA) is 135 Å². The van der Waals surface area contributed by atoms with Crippen molar-refractivity contribution in [1.29, 1.82) is 0 Å². The summed E-state index contributed by atoms with van der Waals surface area (Å²) in [5, 5.41) is 9.84. The third-order valence-electron chi connectivity index (χ3n) is 2.63. The smallest absolute Gasteiger partial charge is 0.331 e. The average Bonchev–Trinajstić information content (AvgIpc) is 2.47. The van der Waals surface area contributed by atoms with Crippen LogP contribution in [0.3, 0.4) is 0 Å². The summed E-state index contributed by atoms with van der Waals surface area (Å²) in [7, 11) is 0. The molecule has 0 saturated carbocycles. The summed E-state index contributed by atoms with van der Waals surface area (Å²) in [4.78, 5) is 55.1. The van der Waals surface area contributed by atoms with Gasteiger partial charge in [0.1, 0.15) is 18.8 Å². The van der Waals surface area contributed by atoms with Gasteiger partial charge in [0.2, 0.25) is 6.41 Å². The Hall–Kier alpha value is -2.43. The van der Waals surface area contributed by atoms with Gasteiger partial charge in [-0.3, -0.25) is 14.4 Å². The van der Waals surface area contributed by atoms with Gasteiger partial charge in [-0.1, -0.05) is 0 Å². The maximum Gasteiger partial charge on any atom is 0.331 e. The predicted molar refractivity (Wildman–Crippen MR) is 91.5 cm³/mol. The van der Waals surface area contributed by atoms with Gasteiger partial charge in [-0.2, -0.15) is 0 Å². The fraction of sp³-hybridized carbons (Fsp3) is 0.812. The van der Waals surface area contributed by atoms with E-state index >= 15 is 0 Å². The van der Waals surface area contributed by atoms with Crippen molar-refractivity contribution in [2.45, 2.75) is 71.6 Å². The van der Waals surface area contributed by atoms with Crippen LogP contribution in [0.5, 0.6) is 0 Å². The molecule has 0 aliphatic rings. The highest BCUT2D eigenvalue weighted by molar-refractivity contribution is 5.79. The molecule has 0 radical (unpaired) electrons. The first-order chi connectivity index (χ1) is 12.2. The maximum atomic E-state index is 12.3. The second-order valence-corrected chi connectivity index (χ2v) is 7.53. The fourth-order valence-corrected chi connectivity index (χ4v) is 1.82. The molecule has 0 aliphatic carbocycles. The van der Waals surface area contributed by atoms with Gasteiger partial charge in [-0.05, 0) is 48.0 Å². The third-order valence-corrected chi connectivity index (χ3v) is 2.63. The third kappa shape index (κ3) is 12.5. The molecule has 156 valence electrons. The molecule has 0 heterocycles. The Morgan fingerprint density at radius 1 is 1.11 bits per heavy atom. The number of hydrogen-bond donors (Lipinski definition) is 0. The summed E-state index contributed by atoms with van der Waals surface area (Å²) < 4.78 is 10.1. The molecule has 0 aromatic carbocycles. The summed E-state index contributed by atoms with van der Waals surface area (Å²) in [6.45, 7) is 9.26. The van der Waals surface area contributed by atoms with Crippen molar-refractivity contribution in [2.75, 3.05) is 13.2 Å².